The third-order valence-electron chi connectivity index (χ3n) is 5.14. The van der Waals surface area contributed by atoms with Crippen molar-refractivity contribution in [3.8, 4) is 0 Å². The maximum atomic E-state index is 12.7. The van der Waals surface area contributed by atoms with Gasteiger partial charge in [-0.25, -0.2) is 8.42 Å². The first-order valence-corrected chi connectivity index (χ1v) is 10.9. The Morgan fingerprint density at radius 2 is 1.77 bits per heavy atom. The Morgan fingerprint density at radius 1 is 1.12 bits per heavy atom. The molecule has 3 rings (SSSR count). The van der Waals surface area contributed by atoms with Crippen LogP contribution in [-0.4, -0.2) is 74.2 Å². The molecule has 0 saturated carbocycles. The molecular weight excluding hydrogens is 374 g/mol. The number of piperazine rings is 1. The molecule has 0 radical (unpaired) electrons. The van der Waals surface area contributed by atoms with Crippen LogP contribution in [0.2, 0.25) is 5.02 Å². The predicted octanol–water partition coefficient (Wildman–Crippen LogP) is 1.90. The van der Waals surface area contributed by atoms with Gasteiger partial charge in [0.05, 0.1) is 11.4 Å². The lowest BCUT2D eigenvalue weighted by Crippen LogP contribution is -2.53. The molecule has 2 fully saturated rings. The molecule has 8 heteroatoms. The molecule has 0 spiro atoms. The highest BCUT2D eigenvalue weighted by Gasteiger charge is 2.30. The second kappa shape index (κ2) is 8.25. The van der Waals surface area contributed by atoms with Crippen LogP contribution in [0.15, 0.2) is 29.2 Å². The molecule has 0 N–H and O–H groups in total. The Hall–Kier alpha value is -1.15. The highest BCUT2D eigenvalue weighted by molar-refractivity contribution is 7.89. The highest BCUT2D eigenvalue weighted by atomic mass is 35.5. The summed E-state index contributed by atoms with van der Waals surface area (Å²) < 4.78 is 26.8. The average Bonchev–Trinajstić information content (AvgIpc) is 2.62. The number of halogens is 1. The van der Waals surface area contributed by atoms with E-state index in [1.54, 1.807) is 17.0 Å². The lowest BCUT2D eigenvalue weighted by Gasteiger charge is -2.36. The summed E-state index contributed by atoms with van der Waals surface area (Å²) in [6, 6.07) is 6.20. The minimum Gasteiger partial charge on any atom is -0.339 e. The van der Waals surface area contributed by atoms with Crippen molar-refractivity contribution >= 4 is 27.5 Å². The number of hydrogen-bond acceptors (Lipinski definition) is 4. The fourth-order valence-electron chi connectivity index (χ4n) is 3.66. The predicted molar refractivity (Wildman–Crippen MR) is 102 cm³/mol. The zero-order valence-electron chi connectivity index (χ0n) is 15.1. The summed E-state index contributed by atoms with van der Waals surface area (Å²) in [7, 11) is -3.54. The van der Waals surface area contributed by atoms with Crippen molar-refractivity contribution < 1.29 is 13.2 Å². The number of hydrogen-bond donors (Lipinski definition) is 0. The summed E-state index contributed by atoms with van der Waals surface area (Å²) in [5.41, 5.74) is 0. The van der Waals surface area contributed by atoms with E-state index >= 15 is 0 Å². The van der Waals surface area contributed by atoms with Gasteiger partial charge < -0.3 is 4.90 Å². The zero-order valence-corrected chi connectivity index (χ0v) is 16.7. The van der Waals surface area contributed by atoms with Gasteiger partial charge >= 0.3 is 0 Å². The van der Waals surface area contributed by atoms with Gasteiger partial charge in [0, 0.05) is 37.7 Å². The van der Waals surface area contributed by atoms with E-state index in [0.717, 1.165) is 19.5 Å². The lowest BCUT2D eigenvalue weighted by molar-refractivity contribution is -0.134. The molecule has 0 aromatic heterocycles. The number of rotatable bonds is 4. The molecule has 2 aliphatic rings. The van der Waals surface area contributed by atoms with Crippen LogP contribution in [0.25, 0.3) is 0 Å². The van der Waals surface area contributed by atoms with Gasteiger partial charge in [0.25, 0.3) is 0 Å². The van der Waals surface area contributed by atoms with Gasteiger partial charge in [-0.05, 0) is 49.6 Å². The van der Waals surface area contributed by atoms with Crippen molar-refractivity contribution in [2.45, 2.75) is 24.7 Å². The topological polar surface area (TPSA) is 60.9 Å². The molecule has 6 nitrogen and oxygen atoms in total. The van der Waals surface area contributed by atoms with Gasteiger partial charge in [-0.15, -0.1) is 0 Å². The van der Waals surface area contributed by atoms with Crippen LogP contribution in [0.1, 0.15) is 19.8 Å². The summed E-state index contributed by atoms with van der Waals surface area (Å²) in [4.78, 5) is 16.8. The Morgan fingerprint density at radius 3 is 2.38 bits per heavy atom. The monoisotopic (exact) mass is 399 g/mol. The average molecular weight is 400 g/mol. The largest absolute Gasteiger partial charge is 0.339 e. The van der Waals surface area contributed by atoms with Gasteiger partial charge in [0.15, 0.2) is 0 Å². The van der Waals surface area contributed by atoms with Gasteiger partial charge in [-0.2, -0.15) is 4.31 Å². The SMILES string of the molecule is C[C@@H]1CCCN(CC(=O)N2CCN(S(=O)(=O)c3ccc(Cl)cc3)CC2)C1. The van der Waals surface area contributed by atoms with E-state index in [4.69, 9.17) is 11.6 Å². The molecule has 26 heavy (non-hydrogen) atoms. The minimum absolute atomic E-state index is 0.0997. The Bertz CT molecular complexity index is 731. The third kappa shape index (κ3) is 4.57. The molecule has 1 aromatic carbocycles. The molecule has 1 atom stereocenters. The zero-order chi connectivity index (χ0) is 18.7. The van der Waals surface area contributed by atoms with E-state index in [9.17, 15) is 13.2 Å². The number of amides is 1. The lowest BCUT2D eigenvalue weighted by atomic mass is 10.0. The van der Waals surface area contributed by atoms with Crippen LogP contribution in [0.3, 0.4) is 0 Å². The van der Waals surface area contributed by atoms with Crippen molar-refractivity contribution in [2.75, 3.05) is 45.8 Å². The summed E-state index contributed by atoms with van der Waals surface area (Å²) in [5.74, 6) is 0.737. The van der Waals surface area contributed by atoms with Gasteiger partial charge in [0.1, 0.15) is 0 Å². The van der Waals surface area contributed by atoms with E-state index in [1.807, 2.05) is 0 Å². The normalized spacial score (nSPS) is 23.2. The van der Waals surface area contributed by atoms with Gasteiger partial charge in [0.2, 0.25) is 15.9 Å². The number of likely N-dealkylation sites (tertiary alicyclic amines) is 1. The van der Waals surface area contributed by atoms with Crippen molar-refractivity contribution in [1.82, 2.24) is 14.1 Å². The van der Waals surface area contributed by atoms with Crippen molar-refractivity contribution in [2.24, 2.45) is 5.92 Å². The van der Waals surface area contributed by atoms with Gasteiger partial charge in [-0.1, -0.05) is 18.5 Å². The van der Waals surface area contributed by atoms with Crippen molar-refractivity contribution in [3.63, 3.8) is 0 Å². The van der Waals surface area contributed by atoms with Crippen molar-refractivity contribution in [1.29, 1.82) is 0 Å². The number of benzene rings is 1. The molecule has 1 aromatic rings. The Labute approximate surface area is 160 Å². The molecule has 0 bridgehead atoms. The molecule has 2 heterocycles. The highest BCUT2D eigenvalue weighted by Crippen LogP contribution is 2.20. The molecular formula is C18H26ClN3O3S. The summed E-state index contributed by atoms with van der Waals surface area (Å²) in [5, 5.41) is 0.506. The van der Waals surface area contributed by atoms with E-state index in [0.29, 0.717) is 43.7 Å². The molecule has 2 aliphatic heterocycles. The number of carbonyl (C=O) groups excluding carboxylic acids is 1. The smallest absolute Gasteiger partial charge is 0.243 e. The van der Waals surface area contributed by atoms with Crippen LogP contribution in [0.4, 0.5) is 0 Å². The fourth-order valence-corrected chi connectivity index (χ4v) is 5.20. The van der Waals surface area contributed by atoms with E-state index < -0.39 is 10.0 Å². The van der Waals surface area contributed by atoms with Crippen LogP contribution in [0, 0.1) is 5.92 Å². The van der Waals surface area contributed by atoms with Gasteiger partial charge in [-0.3, -0.25) is 9.69 Å². The first-order chi connectivity index (χ1) is 12.4. The fraction of sp³-hybridized carbons (Fsp3) is 0.611. The quantitative estimate of drug-likeness (QED) is 0.775. The second-order valence-electron chi connectivity index (χ2n) is 7.22. The molecule has 144 valence electrons. The first kappa shape index (κ1) is 19.6. The van der Waals surface area contributed by atoms with E-state index in [2.05, 4.69) is 11.8 Å². The summed E-state index contributed by atoms with van der Waals surface area (Å²) in [6.45, 7) is 6.13. The maximum Gasteiger partial charge on any atom is 0.243 e. The van der Waals surface area contributed by atoms with Crippen LogP contribution < -0.4 is 0 Å². The standard InChI is InChI=1S/C18H26ClN3O3S/c1-15-3-2-8-20(13-15)14-18(23)21-9-11-22(12-10-21)26(24,25)17-6-4-16(19)5-7-17/h4-7,15H,2-3,8-14H2,1H3/t15-/m1/s1. The summed E-state index contributed by atoms with van der Waals surface area (Å²) >= 11 is 5.83. The number of sulfonamides is 1. The second-order valence-corrected chi connectivity index (χ2v) is 9.60. The number of nitrogens with zero attached hydrogens (tertiary/aromatic N) is 3. The molecule has 1 amide bonds. The Balaban J connectivity index is 1.55. The number of carbonyl (C=O) groups is 1. The number of piperidine rings is 1. The molecule has 0 aliphatic carbocycles. The maximum absolute atomic E-state index is 12.7. The first-order valence-electron chi connectivity index (χ1n) is 9.12. The van der Waals surface area contributed by atoms with E-state index in [-0.39, 0.29) is 10.8 Å². The van der Waals surface area contributed by atoms with Crippen LogP contribution >= 0.6 is 11.6 Å². The minimum atomic E-state index is -3.54. The molecule has 2 saturated heterocycles. The third-order valence-corrected chi connectivity index (χ3v) is 7.31. The van der Waals surface area contributed by atoms with Crippen LogP contribution in [-0.2, 0) is 14.8 Å². The van der Waals surface area contributed by atoms with Crippen LogP contribution in [0.5, 0.6) is 0 Å². The summed E-state index contributed by atoms with van der Waals surface area (Å²) in [6.07, 6.45) is 2.37. The Kier molecular flexibility index (Phi) is 6.22. The van der Waals surface area contributed by atoms with E-state index in [1.165, 1.54) is 22.9 Å². The van der Waals surface area contributed by atoms with Crippen molar-refractivity contribution in [3.05, 3.63) is 29.3 Å². The molecule has 0 unspecified atom stereocenters.